The molecule has 0 saturated carbocycles. The second-order valence-corrected chi connectivity index (χ2v) is 5.62. The Balaban J connectivity index is 2.01. The van der Waals surface area contributed by atoms with E-state index in [0.29, 0.717) is 16.3 Å². The van der Waals surface area contributed by atoms with Gasteiger partial charge in [-0.3, -0.25) is 9.59 Å². The highest BCUT2D eigenvalue weighted by molar-refractivity contribution is 6.30. The van der Waals surface area contributed by atoms with Crippen molar-refractivity contribution in [2.24, 2.45) is 0 Å². The summed E-state index contributed by atoms with van der Waals surface area (Å²) in [6.45, 7) is 2.91. The number of nitrogens with one attached hydrogen (secondary N) is 1. The van der Waals surface area contributed by atoms with Crippen LogP contribution < -0.4 is 5.32 Å². The maximum absolute atomic E-state index is 12.1. The van der Waals surface area contributed by atoms with Crippen LogP contribution in [0.3, 0.4) is 0 Å². The Morgan fingerprint density at radius 1 is 1.04 bits per heavy atom. The minimum absolute atomic E-state index is 0.105. The van der Waals surface area contributed by atoms with Crippen LogP contribution in [0.1, 0.15) is 34.6 Å². The molecule has 0 aliphatic rings. The normalized spacial score (nSPS) is 11.5. The van der Waals surface area contributed by atoms with Gasteiger partial charge in [-0.05, 0) is 44.2 Å². The summed E-state index contributed by atoms with van der Waals surface area (Å²) in [7, 11) is 0. The first kappa shape index (κ1) is 17.7. The fraction of sp³-hybridized carbons (Fsp3) is 0.167. The number of ether oxygens (including phenoxy) is 1. The Labute approximate surface area is 144 Å². The van der Waals surface area contributed by atoms with E-state index < -0.39 is 18.0 Å². The molecule has 0 aromatic heterocycles. The zero-order chi connectivity index (χ0) is 17.7. The molecule has 0 heterocycles. The van der Waals surface area contributed by atoms with Gasteiger partial charge in [-0.15, -0.1) is 0 Å². The van der Waals surface area contributed by atoms with E-state index >= 15 is 0 Å². The second kappa shape index (κ2) is 7.75. The number of esters is 1. The Morgan fingerprint density at radius 3 is 2.38 bits per heavy atom. The fourth-order valence-electron chi connectivity index (χ4n) is 1.96. The molecule has 24 heavy (non-hydrogen) atoms. The Bertz CT molecular complexity index is 788. The topological polar surface area (TPSA) is 72.5 Å². The average Bonchev–Trinajstić information content (AvgIpc) is 2.54. The number of Topliss-reactive ketones (excluding diaryl/α,β-unsaturated/α-hetero) is 1. The van der Waals surface area contributed by atoms with Gasteiger partial charge in [-0.1, -0.05) is 29.8 Å². The van der Waals surface area contributed by atoms with Crippen LogP contribution in [0, 0.1) is 0 Å². The van der Waals surface area contributed by atoms with Crippen LogP contribution in [-0.2, 0) is 9.53 Å². The zero-order valence-electron chi connectivity index (χ0n) is 13.2. The molecule has 2 aromatic rings. The van der Waals surface area contributed by atoms with E-state index in [1.807, 2.05) is 0 Å². The average molecular weight is 346 g/mol. The molecule has 0 fully saturated rings. The lowest BCUT2D eigenvalue weighted by Gasteiger charge is -2.14. The predicted octanol–water partition coefficient (Wildman–Crippen LogP) is 3.73. The summed E-state index contributed by atoms with van der Waals surface area (Å²) >= 11 is 5.82. The van der Waals surface area contributed by atoms with Crippen LogP contribution >= 0.6 is 11.6 Å². The minimum atomic E-state index is -1.00. The van der Waals surface area contributed by atoms with E-state index in [1.165, 1.54) is 19.9 Å². The molecular weight excluding hydrogens is 330 g/mol. The van der Waals surface area contributed by atoms with Crippen LogP contribution in [0.15, 0.2) is 48.5 Å². The molecule has 1 amide bonds. The van der Waals surface area contributed by atoms with Crippen LogP contribution in [0.5, 0.6) is 0 Å². The number of rotatable bonds is 5. The number of benzene rings is 2. The minimum Gasteiger partial charge on any atom is -0.449 e. The van der Waals surface area contributed by atoms with E-state index in [4.69, 9.17) is 16.3 Å². The van der Waals surface area contributed by atoms with Crippen molar-refractivity contribution in [1.29, 1.82) is 0 Å². The maximum atomic E-state index is 12.1. The number of halogens is 1. The molecule has 0 bridgehead atoms. The number of hydrogen-bond donors (Lipinski definition) is 1. The summed E-state index contributed by atoms with van der Waals surface area (Å²) in [6, 6.07) is 12.8. The van der Waals surface area contributed by atoms with Crippen molar-refractivity contribution in [2.45, 2.75) is 20.0 Å². The van der Waals surface area contributed by atoms with Gasteiger partial charge in [0.1, 0.15) is 0 Å². The first-order valence-electron chi connectivity index (χ1n) is 7.25. The van der Waals surface area contributed by atoms with Crippen molar-refractivity contribution < 1.29 is 19.1 Å². The highest BCUT2D eigenvalue weighted by Gasteiger charge is 2.19. The number of ketones is 1. The van der Waals surface area contributed by atoms with E-state index in [2.05, 4.69) is 5.32 Å². The van der Waals surface area contributed by atoms with Crippen LogP contribution in [0.4, 0.5) is 5.69 Å². The zero-order valence-corrected chi connectivity index (χ0v) is 14.0. The monoisotopic (exact) mass is 345 g/mol. The van der Waals surface area contributed by atoms with Gasteiger partial charge < -0.3 is 10.1 Å². The molecule has 5 nitrogen and oxygen atoms in total. The van der Waals surface area contributed by atoms with Gasteiger partial charge >= 0.3 is 5.97 Å². The van der Waals surface area contributed by atoms with Crippen molar-refractivity contribution in [2.75, 3.05) is 5.32 Å². The standard InChI is InChI=1S/C18H16ClNO4/c1-11(21)13-5-4-8-16(10-13)20-17(22)12(2)24-18(23)14-6-3-7-15(19)9-14/h3-10,12H,1-2H3,(H,20,22)/t12-/m0/s1. The van der Waals surface area contributed by atoms with Crippen molar-refractivity contribution in [1.82, 2.24) is 0 Å². The molecule has 0 spiro atoms. The first-order chi connectivity index (χ1) is 11.4. The largest absolute Gasteiger partial charge is 0.449 e. The van der Waals surface area contributed by atoms with Gasteiger partial charge in [0.2, 0.25) is 0 Å². The molecule has 0 unspecified atom stereocenters. The molecule has 124 valence electrons. The van der Waals surface area contributed by atoms with Crippen molar-refractivity contribution >= 4 is 34.9 Å². The first-order valence-corrected chi connectivity index (χ1v) is 7.63. The molecule has 1 atom stereocenters. The van der Waals surface area contributed by atoms with E-state index in [1.54, 1.807) is 42.5 Å². The third-order valence-corrected chi connectivity index (χ3v) is 3.49. The molecule has 2 rings (SSSR count). The summed E-state index contributed by atoms with van der Waals surface area (Å²) in [4.78, 5) is 35.5. The van der Waals surface area contributed by atoms with E-state index in [0.717, 1.165) is 0 Å². The van der Waals surface area contributed by atoms with Crippen LogP contribution in [0.2, 0.25) is 5.02 Å². The summed E-state index contributed by atoms with van der Waals surface area (Å²) in [5.74, 6) is -1.24. The lowest BCUT2D eigenvalue weighted by Crippen LogP contribution is -2.30. The Hall–Kier alpha value is -2.66. The van der Waals surface area contributed by atoms with Gasteiger partial charge in [0.15, 0.2) is 11.9 Å². The third-order valence-electron chi connectivity index (χ3n) is 3.25. The van der Waals surface area contributed by atoms with Gasteiger partial charge in [-0.25, -0.2) is 4.79 Å². The maximum Gasteiger partial charge on any atom is 0.338 e. The fourth-order valence-corrected chi connectivity index (χ4v) is 2.15. The lowest BCUT2D eigenvalue weighted by molar-refractivity contribution is -0.123. The molecule has 0 saturated heterocycles. The molecule has 0 aliphatic carbocycles. The van der Waals surface area contributed by atoms with Gasteiger partial charge in [0.25, 0.3) is 5.91 Å². The second-order valence-electron chi connectivity index (χ2n) is 5.18. The number of hydrogen-bond acceptors (Lipinski definition) is 4. The van der Waals surface area contributed by atoms with Crippen molar-refractivity contribution in [3.8, 4) is 0 Å². The summed E-state index contributed by atoms with van der Waals surface area (Å²) in [5.41, 5.74) is 1.20. The van der Waals surface area contributed by atoms with Crippen molar-refractivity contribution in [3.05, 3.63) is 64.7 Å². The smallest absolute Gasteiger partial charge is 0.338 e. The Morgan fingerprint density at radius 2 is 1.71 bits per heavy atom. The quantitative estimate of drug-likeness (QED) is 0.662. The third kappa shape index (κ3) is 4.67. The molecule has 0 radical (unpaired) electrons. The van der Waals surface area contributed by atoms with E-state index in [9.17, 15) is 14.4 Å². The summed E-state index contributed by atoms with van der Waals surface area (Å²) in [5, 5.41) is 3.02. The molecular formula is C18H16ClNO4. The predicted molar refractivity (Wildman–Crippen MR) is 91.4 cm³/mol. The van der Waals surface area contributed by atoms with Gasteiger partial charge in [0, 0.05) is 16.3 Å². The summed E-state index contributed by atoms with van der Waals surface area (Å²) in [6.07, 6.45) is -1.00. The highest BCUT2D eigenvalue weighted by atomic mass is 35.5. The Kier molecular flexibility index (Phi) is 5.71. The number of amides is 1. The molecule has 2 aromatic carbocycles. The van der Waals surface area contributed by atoms with Gasteiger partial charge in [0.05, 0.1) is 5.56 Å². The number of carbonyl (C=O) groups is 3. The van der Waals surface area contributed by atoms with Gasteiger partial charge in [-0.2, -0.15) is 0 Å². The number of carbonyl (C=O) groups excluding carboxylic acids is 3. The molecule has 1 N–H and O–H groups in total. The number of anilines is 1. The van der Waals surface area contributed by atoms with E-state index in [-0.39, 0.29) is 11.3 Å². The van der Waals surface area contributed by atoms with Crippen LogP contribution in [-0.4, -0.2) is 23.8 Å². The van der Waals surface area contributed by atoms with Crippen LogP contribution in [0.25, 0.3) is 0 Å². The highest BCUT2D eigenvalue weighted by Crippen LogP contribution is 2.14. The molecule has 6 heteroatoms. The molecule has 0 aliphatic heterocycles. The lowest BCUT2D eigenvalue weighted by atomic mass is 10.1. The van der Waals surface area contributed by atoms with Crippen molar-refractivity contribution in [3.63, 3.8) is 0 Å². The summed E-state index contributed by atoms with van der Waals surface area (Å²) < 4.78 is 5.13. The SMILES string of the molecule is CC(=O)c1cccc(NC(=O)[C@H](C)OC(=O)c2cccc(Cl)c2)c1.